The maximum absolute atomic E-state index is 14.4. The molecule has 0 bridgehead atoms. The lowest BCUT2D eigenvalue weighted by Crippen LogP contribution is -2.47. The van der Waals surface area contributed by atoms with Crippen molar-refractivity contribution in [1.82, 2.24) is 19.6 Å². The summed E-state index contributed by atoms with van der Waals surface area (Å²) in [6.07, 6.45) is -1.39. The summed E-state index contributed by atoms with van der Waals surface area (Å²) < 4.78 is 89.5. The van der Waals surface area contributed by atoms with Gasteiger partial charge in [-0.15, -0.1) is 0 Å². The lowest BCUT2D eigenvalue weighted by molar-refractivity contribution is -0.384. The smallest absolute Gasteiger partial charge is 0.392 e. The molecule has 5 heterocycles. The third-order valence-corrected chi connectivity index (χ3v) is 14.5. The Hall–Kier alpha value is -5.93. The minimum absolute atomic E-state index is 0.0210. The van der Waals surface area contributed by atoms with Crippen molar-refractivity contribution >= 4 is 72.6 Å². The fourth-order valence-corrected chi connectivity index (χ4v) is 10.4. The number of hydrogen-bond donors (Lipinski definition) is 3. The van der Waals surface area contributed by atoms with Gasteiger partial charge in [-0.3, -0.25) is 19.8 Å². The fraction of sp³-hybridized carbons (Fsp3) is 0.404. The summed E-state index contributed by atoms with van der Waals surface area (Å²) >= 11 is 6.17. The van der Waals surface area contributed by atoms with Crippen molar-refractivity contribution < 1.29 is 45.5 Å². The monoisotopic (exact) mass is 978 g/mol. The zero-order valence-electron chi connectivity index (χ0n) is 36.9. The normalized spacial score (nSPS) is 19.8. The Labute approximate surface area is 395 Å². The second kappa shape index (κ2) is 20.0. The third-order valence-electron chi connectivity index (χ3n) is 12.9. The molecule has 21 heteroatoms. The van der Waals surface area contributed by atoms with Crippen LogP contribution >= 0.6 is 11.6 Å². The maximum Gasteiger partial charge on any atom is 0.392 e. The number of anilines is 4. The van der Waals surface area contributed by atoms with Crippen molar-refractivity contribution in [2.75, 3.05) is 87.4 Å². The number of fused-ring (bicyclic) bond motifs is 2. The number of halogens is 4. The number of rotatable bonds is 12. The largest absolute Gasteiger partial charge is 0.476 e. The molecule has 16 nitrogen and oxygen atoms in total. The number of pyridine rings is 1. The second-order valence-electron chi connectivity index (χ2n) is 17.3. The number of allylic oxidation sites excluding steroid dienone is 1. The first-order valence-electron chi connectivity index (χ1n) is 22.5. The average molecular weight is 979 g/mol. The predicted molar refractivity (Wildman–Crippen MR) is 251 cm³/mol. The molecule has 4 aliphatic rings. The summed E-state index contributed by atoms with van der Waals surface area (Å²) in [6.45, 7) is 4.88. The van der Waals surface area contributed by atoms with Gasteiger partial charge < -0.3 is 34.3 Å². The molecule has 2 fully saturated rings. The van der Waals surface area contributed by atoms with Crippen LogP contribution in [-0.2, 0) is 19.5 Å². The van der Waals surface area contributed by atoms with Gasteiger partial charge in [0.2, 0.25) is 5.88 Å². The zero-order chi connectivity index (χ0) is 47.6. The van der Waals surface area contributed by atoms with E-state index >= 15 is 0 Å². The van der Waals surface area contributed by atoms with E-state index in [1.165, 1.54) is 12.1 Å². The first-order chi connectivity index (χ1) is 32.7. The van der Waals surface area contributed by atoms with Crippen LogP contribution in [0.2, 0.25) is 5.02 Å². The van der Waals surface area contributed by atoms with E-state index in [0.717, 1.165) is 33.8 Å². The highest BCUT2D eigenvalue weighted by Gasteiger charge is 2.41. The maximum atomic E-state index is 14.4. The number of amides is 1. The summed E-state index contributed by atoms with van der Waals surface area (Å²) in [5.74, 6) is -2.06. The molecule has 3 aromatic carbocycles. The Morgan fingerprint density at radius 3 is 2.51 bits per heavy atom. The quantitative estimate of drug-likeness (QED) is 0.0802. The standard InChI is InChI=1S/C47H50ClF3N8O8S/c48-34-7-5-30(6-8-34)39-24-33(47(49,50)51)4-1-3-32(39)28-56-16-18-57(19-17-56)35-9-11-38(41(25-35)58-15-2-20-67-46-43(58)23-31-13-14-52-44(31)54-46)45(60)55-68(63,64)37-10-12-40(42(26-37)59(61)62)53-27-36-29-65-21-22-66-36/h5-14,23,25-26,33,36,53H,1-4,15-22,24,27-29H2,(H,52,54)(H,55,60)/t33-,36+/m1/s1. The molecule has 0 saturated carbocycles. The van der Waals surface area contributed by atoms with Crippen molar-refractivity contribution in [2.45, 2.75) is 49.3 Å². The highest BCUT2D eigenvalue weighted by Crippen LogP contribution is 2.43. The van der Waals surface area contributed by atoms with Crippen molar-refractivity contribution in [1.29, 1.82) is 0 Å². The van der Waals surface area contributed by atoms with E-state index in [1.807, 2.05) is 23.1 Å². The number of ether oxygens (including phenoxy) is 3. The van der Waals surface area contributed by atoms with Crippen molar-refractivity contribution in [3.8, 4) is 5.88 Å². The van der Waals surface area contributed by atoms with Crippen LogP contribution < -0.4 is 24.6 Å². The SMILES string of the molecule is O=C(NS(=O)(=O)c1ccc(NC[C@H]2COCCO2)c([N+](=O)[O-])c1)c1ccc(N2CCN(CC3=C(c4ccc(Cl)cc4)C[C@H](C(F)(F)F)CCC3)CC2)cc1N1CCCOc2nc3[nH]ccc3cc21. The molecule has 68 heavy (non-hydrogen) atoms. The number of benzene rings is 3. The van der Waals surface area contributed by atoms with E-state index < -0.39 is 43.5 Å². The van der Waals surface area contributed by atoms with E-state index in [9.17, 15) is 36.5 Å². The van der Waals surface area contributed by atoms with E-state index in [2.05, 4.69) is 24.8 Å². The van der Waals surface area contributed by atoms with Crippen LogP contribution in [0.5, 0.6) is 5.88 Å². The van der Waals surface area contributed by atoms with Gasteiger partial charge in [0.25, 0.3) is 21.6 Å². The molecule has 2 aromatic heterocycles. The van der Waals surface area contributed by atoms with Crippen LogP contribution in [-0.4, -0.2) is 119 Å². The first kappa shape index (κ1) is 47.1. The molecule has 3 aliphatic heterocycles. The summed E-state index contributed by atoms with van der Waals surface area (Å²) in [6, 6.07) is 19.3. The Balaban J connectivity index is 0.986. The molecule has 0 spiro atoms. The average Bonchev–Trinajstić information content (AvgIpc) is 3.54. The molecule has 5 aromatic rings. The number of nitro groups is 1. The van der Waals surface area contributed by atoms with Gasteiger partial charge in [0, 0.05) is 74.2 Å². The van der Waals surface area contributed by atoms with Crippen LogP contribution in [0.15, 0.2) is 89.5 Å². The van der Waals surface area contributed by atoms with Crippen LogP contribution in [0.25, 0.3) is 16.6 Å². The molecule has 0 unspecified atom stereocenters. The number of hydrogen-bond acceptors (Lipinski definition) is 13. The van der Waals surface area contributed by atoms with Crippen molar-refractivity contribution in [3.63, 3.8) is 0 Å². The highest BCUT2D eigenvalue weighted by atomic mass is 35.5. The van der Waals surface area contributed by atoms with Crippen molar-refractivity contribution in [3.05, 3.63) is 111 Å². The Morgan fingerprint density at radius 2 is 1.76 bits per heavy atom. The van der Waals surface area contributed by atoms with Gasteiger partial charge in [-0.25, -0.2) is 13.1 Å². The second-order valence-corrected chi connectivity index (χ2v) is 19.4. The molecule has 2 saturated heterocycles. The number of carbonyl (C=O) groups is 1. The van der Waals surface area contributed by atoms with Gasteiger partial charge in [-0.1, -0.05) is 29.3 Å². The molecule has 0 radical (unpaired) electrons. The molecule has 1 aliphatic carbocycles. The number of sulfonamides is 1. The number of alkyl halides is 3. The number of aromatic nitrogens is 2. The lowest BCUT2D eigenvalue weighted by atomic mass is 9.91. The molecule has 2 atom stereocenters. The topological polar surface area (TPSA) is 185 Å². The van der Waals surface area contributed by atoms with E-state index in [1.54, 1.807) is 42.6 Å². The van der Waals surface area contributed by atoms with E-state index in [4.69, 9.17) is 30.8 Å². The van der Waals surface area contributed by atoms with Gasteiger partial charge in [0.15, 0.2) is 0 Å². The number of nitrogens with zero attached hydrogens (tertiary/aromatic N) is 5. The lowest BCUT2D eigenvalue weighted by Gasteiger charge is -2.37. The number of nitro benzene ring substituents is 1. The highest BCUT2D eigenvalue weighted by molar-refractivity contribution is 7.90. The molecule has 3 N–H and O–H groups in total. The first-order valence-corrected chi connectivity index (χ1v) is 24.4. The van der Waals surface area contributed by atoms with Gasteiger partial charge in [0.05, 0.1) is 59.5 Å². The van der Waals surface area contributed by atoms with Crippen LogP contribution in [0.3, 0.4) is 0 Å². The molecule has 360 valence electrons. The van der Waals surface area contributed by atoms with Gasteiger partial charge in [-0.2, -0.15) is 18.2 Å². The number of aromatic amines is 1. The third kappa shape index (κ3) is 10.5. The van der Waals surface area contributed by atoms with E-state index in [-0.39, 0.29) is 36.7 Å². The fourth-order valence-electron chi connectivity index (χ4n) is 9.31. The summed E-state index contributed by atoms with van der Waals surface area (Å²) in [4.78, 5) is 39.4. The van der Waals surface area contributed by atoms with Gasteiger partial charge >= 0.3 is 6.18 Å². The number of carbonyl (C=O) groups excluding carboxylic acids is 1. The van der Waals surface area contributed by atoms with Crippen LogP contribution in [0, 0.1) is 16.0 Å². The summed E-state index contributed by atoms with van der Waals surface area (Å²) in [7, 11) is -4.66. The van der Waals surface area contributed by atoms with Gasteiger partial charge in [0.1, 0.15) is 17.0 Å². The minimum atomic E-state index is -4.66. The Kier molecular flexibility index (Phi) is 13.8. The number of nitrogens with one attached hydrogen (secondary N) is 3. The Morgan fingerprint density at radius 1 is 0.956 bits per heavy atom. The molecule has 1 amide bonds. The van der Waals surface area contributed by atoms with Crippen LogP contribution in [0.4, 0.5) is 41.6 Å². The molecular weight excluding hydrogens is 929 g/mol. The predicted octanol–water partition coefficient (Wildman–Crippen LogP) is 8.32. The van der Waals surface area contributed by atoms with Crippen LogP contribution in [0.1, 0.15) is 48.0 Å². The summed E-state index contributed by atoms with van der Waals surface area (Å²) in [5.41, 5.74) is 4.37. The minimum Gasteiger partial charge on any atom is -0.476 e. The van der Waals surface area contributed by atoms with E-state index in [0.29, 0.717) is 113 Å². The zero-order valence-corrected chi connectivity index (χ0v) is 38.5. The van der Waals surface area contributed by atoms with Gasteiger partial charge in [-0.05, 0) is 97.8 Å². The summed E-state index contributed by atoms with van der Waals surface area (Å²) in [5, 5.41) is 16.4. The molecular formula is C47H50ClF3N8O8S. The number of piperazine rings is 1. The Bertz CT molecular complexity index is 2810. The van der Waals surface area contributed by atoms with Crippen molar-refractivity contribution in [2.24, 2.45) is 5.92 Å². The number of H-pyrrole nitrogens is 1. The molecule has 9 rings (SSSR count).